The number of furan rings is 1. The third-order valence-corrected chi connectivity index (χ3v) is 12.0. The molecule has 2 heterocycles. The number of thiophene rings is 1. The molecule has 0 saturated carbocycles. The lowest BCUT2D eigenvalue weighted by Crippen LogP contribution is -2.12. The van der Waals surface area contributed by atoms with Gasteiger partial charge < -0.3 is 9.32 Å². The summed E-state index contributed by atoms with van der Waals surface area (Å²) in [7, 11) is 0. The van der Waals surface area contributed by atoms with Gasteiger partial charge in [-0.15, -0.1) is 11.3 Å². The quantitative estimate of drug-likeness (QED) is 0.170. The van der Waals surface area contributed by atoms with Gasteiger partial charge in [0.15, 0.2) is 0 Å². The van der Waals surface area contributed by atoms with Crippen molar-refractivity contribution in [3.8, 4) is 33.4 Å². The van der Waals surface area contributed by atoms with Gasteiger partial charge >= 0.3 is 0 Å². The van der Waals surface area contributed by atoms with Gasteiger partial charge in [0.05, 0.1) is 11.4 Å². The van der Waals surface area contributed by atoms with Crippen molar-refractivity contribution in [2.24, 2.45) is 0 Å². The maximum Gasteiger partial charge on any atom is 0.136 e. The minimum atomic E-state index is 0.884. The summed E-state index contributed by atoms with van der Waals surface area (Å²) in [6.45, 7) is 0. The number of anilines is 3. The SMILES string of the molecule is c1cc(-c2ccc3sc4ccccc4c3c2)cc(N(c2ccccc2-c2ccc3ccccc3c2)c2ccccc2-c2cccc3oc4ccccc4c23)c1. The zero-order chi connectivity index (χ0) is 36.3. The topological polar surface area (TPSA) is 16.4 Å². The molecule has 9 aromatic carbocycles. The first-order valence-electron chi connectivity index (χ1n) is 18.7. The largest absolute Gasteiger partial charge is 0.456 e. The first-order valence-corrected chi connectivity index (χ1v) is 19.5. The predicted molar refractivity (Wildman–Crippen MR) is 235 cm³/mol. The second-order valence-electron chi connectivity index (χ2n) is 14.1. The minimum absolute atomic E-state index is 0.884. The van der Waals surface area contributed by atoms with E-state index in [2.05, 4.69) is 199 Å². The monoisotopic (exact) mass is 719 g/mol. The van der Waals surface area contributed by atoms with Gasteiger partial charge in [-0.1, -0.05) is 140 Å². The molecule has 0 aliphatic rings. The van der Waals surface area contributed by atoms with Crippen LogP contribution < -0.4 is 4.90 Å². The number of nitrogens with zero attached hydrogens (tertiary/aromatic N) is 1. The van der Waals surface area contributed by atoms with E-state index in [0.717, 1.165) is 55.7 Å². The fraction of sp³-hybridized carbons (Fsp3) is 0. The van der Waals surface area contributed by atoms with Crippen molar-refractivity contribution >= 4 is 81.3 Å². The van der Waals surface area contributed by atoms with Crippen LogP contribution in [0.1, 0.15) is 0 Å². The average Bonchev–Trinajstić information content (AvgIpc) is 3.82. The molecular weight excluding hydrogens is 687 g/mol. The Balaban J connectivity index is 1.15. The van der Waals surface area contributed by atoms with Crippen molar-refractivity contribution in [3.63, 3.8) is 0 Å². The summed E-state index contributed by atoms with van der Waals surface area (Å²) in [5, 5.41) is 7.30. The number of hydrogen-bond acceptors (Lipinski definition) is 3. The Kier molecular flexibility index (Phi) is 7.39. The van der Waals surface area contributed by atoms with Crippen molar-refractivity contribution in [2.75, 3.05) is 4.90 Å². The van der Waals surface area contributed by atoms with Crippen LogP contribution in [0.4, 0.5) is 17.1 Å². The van der Waals surface area contributed by atoms with E-state index >= 15 is 0 Å². The van der Waals surface area contributed by atoms with Gasteiger partial charge in [0.25, 0.3) is 0 Å². The summed E-state index contributed by atoms with van der Waals surface area (Å²) < 4.78 is 9.02. The van der Waals surface area contributed by atoms with E-state index in [-0.39, 0.29) is 0 Å². The lowest BCUT2D eigenvalue weighted by molar-refractivity contribution is 0.669. The van der Waals surface area contributed by atoms with Crippen LogP contribution in [0.5, 0.6) is 0 Å². The maximum absolute atomic E-state index is 6.40. The zero-order valence-corrected chi connectivity index (χ0v) is 30.6. The normalized spacial score (nSPS) is 11.6. The Morgan fingerprint density at radius 3 is 1.91 bits per heavy atom. The predicted octanol–water partition coefficient (Wildman–Crippen LogP) is 15.6. The molecule has 0 amide bonds. The van der Waals surface area contributed by atoms with Gasteiger partial charge in [-0.3, -0.25) is 0 Å². The molecule has 2 nitrogen and oxygen atoms in total. The molecule has 0 aliphatic heterocycles. The van der Waals surface area contributed by atoms with Crippen LogP contribution in [0, 0.1) is 0 Å². The second-order valence-corrected chi connectivity index (χ2v) is 15.2. The van der Waals surface area contributed by atoms with Gasteiger partial charge in [-0.25, -0.2) is 0 Å². The van der Waals surface area contributed by atoms with Crippen LogP contribution in [0.15, 0.2) is 205 Å². The van der Waals surface area contributed by atoms with Crippen molar-refractivity contribution in [1.29, 1.82) is 0 Å². The summed E-state index contributed by atoms with van der Waals surface area (Å²) in [6, 6.07) is 72.4. The van der Waals surface area contributed by atoms with E-state index in [1.807, 2.05) is 17.4 Å². The number of benzene rings is 9. The molecule has 3 heteroatoms. The molecule has 0 bridgehead atoms. The summed E-state index contributed by atoms with van der Waals surface area (Å²) in [5.41, 5.74) is 12.0. The molecule has 0 spiro atoms. The standard InChI is InChI=1S/C52H33NOS/c1-2-14-35-31-38(28-27-34(35)13-1)40-17-3-7-22-46(40)53(39-16-11-15-36(32-39)37-29-30-51-45(33-37)42-19-6-10-26-50(42)55-51)47-23-8-4-18-41(47)43-21-12-25-49-52(43)44-20-5-9-24-48(44)54-49/h1-33H. The van der Waals surface area contributed by atoms with Crippen LogP contribution in [0.3, 0.4) is 0 Å². The van der Waals surface area contributed by atoms with Crippen molar-refractivity contribution in [1.82, 2.24) is 0 Å². The van der Waals surface area contributed by atoms with Crippen LogP contribution >= 0.6 is 11.3 Å². The molecule has 2 aromatic heterocycles. The Morgan fingerprint density at radius 2 is 1.00 bits per heavy atom. The van der Waals surface area contributed by atoms with Crippen molar-refractivity contribution < 1.29 is 4.42 Å². The molecule has 0 saturated heterocycles. The fourth-order valence-electron chi connectivity index (χ4n) is 8.30. The molecule has 11 aromatic rings. The first-order chi connectivity index (χ1) is 27.3. The van der Waals surface area contributed by atoms with Gasteiger partial charge in [-0.2, -0.15) is 0 Å². The summed E-state index contributed by atoms with van der Waals surface area (Å²) in [6.07, 6.45) is 0. The number of fused-ring (bicyclic) bond motifs is 7. The molecule has 0 radical (unpaired) electrons. The highest BCUT2D eigenvalue weighted by atomic mass is 32.1. The van der Waals surface area contributed by atoms with Crippen LogP contribution in [-0.4, -0.2) is 0 Å². The third-order valence-electron chi connectivity index (χ3n) is 10.9. The number of para-hydroxylation sites is 3. The minimum Gasteiger partial charge on any atom is -0.456 e. The maximum atomic E-state index is 6.40. The smallest absolute Gasteiger partial charge is 0.136 e. The lowest BCUT2D eigenvalue weighted by atomic mass is 9.95. The molecule has 11 rings (SSSR count). The van der Waals surface area contributed by atoms with Gasteiger partial charge in [0.2, 0.25) is 0 Å². The van der Waals surface area contributed by atoms with E-state index in [9.17, 15) is 0 Å². The molecule has 0 fully saturated rings. The molecular formula is C52H33NOS. The molecule has 55 heavy (non-hydrogen) atoms. The first kappa shape index (κ1) is 31.6. The van der Waals surface area contributed by atoms with Gasteiger partial charge in [0, 0.05) is 47.8 Å². The van der Waals surface area contributed by atoms with Gasteiger partial charge in [-0.05, 0) is 93.7 Å². The van der Waals surface area contributed by atoms with Crippen molar-refractivity contribution in [2.45, 2.75) is 0 Å². The summed E-state index contributed by atoms with van der Waals surface area (Å²) in [4.78, 5) is 2.45. The zero-order valence-electron chi connectivity index (χ0n) is 29.8. The Labute approximate surface area is 322 Å². The molecule has 0 unspecified atom stereocenters. The van der Waals surface area contributed by atoms with Crippen molar-refractivity contribution in [3.05, 3.63) is 200 Å². The number of rotatable bonds is 6. The Bertz CT molecular complexity index is 3240. The Morgan fingerprint density at radius 1 is 0.364 bits per heavy atom. The Hall–Kier alpha value is -6.94. The second kappa shape index (κ2) is 12.9. The lowest BCUT2D eigenvalue weighted by Gasteiger charge is -2.30. The highest BCUT2D eigenvalue weighted by Crippen LogP contribution is 2.48. The third kappa shape index (κ3) is 5.32. The summed E-state index contributed by atoms with van der Waals surface area (Å²) >= 11 is 1.85. The highest BCUT2D eigenvalue weighted by molar-refractivity contribution is 7.25. The van der Waals surface area contributed by atoms with Gasteiger partial charge in [0.1, 0.15) is 11.2 Å². The average molecular weight is 720 g/mol. The highest BCUT2D eigenvalue weighted by Gasteiger charge is 2.23. The molecule has 0 N–H and O–H groups in total. The van der Waals surface area contributed by atoms with Crippen LogP contribution in [0.25, 0.3) is 86.3 Å². The van der Waals surface area contributed by atoms with Crippen LogP contribution in [-0.2, 0) is 0 Å². The molecule has 258 valence electrons. The fourth-order valence-corrected chi connectivity index (χ4v) is 9.39. The molecule has 0 atom stereocenters. The van der Waals surface area contributed by atoms with E-state index < -0.39 is 0 Å². The number of hydrogen-bond donors (Lipinski definition) is 0. The molecule has 0 aliphatic carbocycles. The van der Waals surface area contributed by atoms with E-state index in [4.69, 9.17) is 4.42 Å². The van der Waals surface area contributed by atoms with E-state index in [1.165, 1.54) is 47.6 Å². The van der Waals surface area contributed by atoms with E-state index in [0.29, 0.717) is 0 Å². The van der Waals surface area contributed by atoms with E-state index in [1.54, 1.807) is 0 Å². The van der Waals surface area contributed by atoms with Crippen LogP contribution in [0.2, 0.25) is 0 Å². The summed E-state index contributed by atoms with van der Waals surface area (Å²) in [5.74, 6) is 0.